The van der Waals surface area contributed by atoms with Crippen LogP contribution in [0, 0.1) is 28.4 Å². The molecule has 0 aliphatic rings. The first-order chi connectivity index (χ1) is 17.1. The van der Waals surface area contributed by atoms with Crippen LogP contribution < -0.4 is 10.6 Å². The Hall–Kier alpha value is -3.71. The van der Waals surface area contributed by atoms with Gasteiger partial charge in [0.2, 0.25) is 0 Å². The highest BCUT2D eigenvalue weighted by atomic mass is 32.2. The van der Waals surface area contributed by atoms with Crippen LogP contribution in [0.1, 0.15) is 24.0 Å². The van der Waals surface area contributed by atoms with Gasteiger partial charge in [-0.2, -0.15) is 13.7 Å². The smallest absolute Gasteiger partial charge is 0.297 e. The summed E-state index contributed by atoms with van der Waals surface area (Å²) in [7, 11) is -1.69. The number of methoxy groups -OCH3 is 2. The zero-order valence-corrected chi connectivity index (χ0v) is 20.8. The molecule has 15 heteroatoms. The lowest BCUT2D eigenvalue weighted by Crippen LogP contribution is -2.12. The molecule has 0 amide bonds. The van der Waals surface area contributed by atoms with Crippen LogP contribution in [-0.2, 0) is 19.6 Å². The number of hydrogen-bond acceptors (Lipinski definition) is 12. The fraction of sp³-hybridized carbons (Fsp3) is 0.429. The first kappa shape index (κ1) is 28.5. The Morgan fingerprint density at radius 3 is 2.28 bits per heavy atom. The molecular formula is C21H27N7O7S. The molecule has 14 nitrogen and oxygen atoms in total. The second-order valence-electron chi connectivity index (χ2n) is 7.40. The number of ether oxygens (including phenoxy) is 2. The average molecular weight is 522 g/mol. The van der Waals surface area contributed by atoms with Crippen molar-refractivity contribution in [1.29, 1.82) is 5.26 Å². The van der Waals surface area contributed by atoms with Gasteiger partial charge in [0.15, 0.2) is 5.82 Å². The van der Waals surface area contributed by atoms with E-state index in [0.29, 0.717) is 56.6 Å². The lowest BCUT2D eigenvalue weighted by Gasteiger charge is -2.15. The highest BCUT2D eigenvalue weighted by Gasteiger charge is 2.21. The molecule has 2 rings (SSSR count). The first-order valence-electron chi connectivity index (χ1n) is 10.7. The van der Waals surface area contributed by atoms with Gasteiger partial charge in [0.25, 0.3) is 15.8 Å². The van der Waals surface area contributed by atoms with E-state index in [2.05, 4.69) is 31.9 Å². The van der Waals surface area contributed by atoms with Crippen molar-refractivity contribution in [3.8, 4) is 6.07 Å². The monoisotopic (exact) mass is 521 g/mol. The summed E-state index contributed by atoms with van der Waals surface area (Å²) in [5.41, 5.74) is -0.0905. The van der Waals surface area contributed by atoms with E-state index in [4.69, 9.17) is 9.47 Å². The SMILES string of the molecule is COCCCNc1nc(NCCCOC)c(N=Nc2ccc([N+](=O)[O-])cc2S(=O)(=O)O)c(C)c1C#N. The van der Waals surface area contributed by atoms with Gasteiger partial charge in [-0.05, 0) is 25.8 Å². The van der Waals surface area contributed by atoms with Crippen LogP contribution >= 0.6 is 0 Å². The minimum absolute atomic E-state index is 0.158. The van der Waals surface area contributed by atoms with Crippen molar-refractivity contribution in [3.05, 3.63) is 39.4 Å². The van der Waals surface area contributed by atoms with Crippen molar-refractivity contribution in [2.24, 2.45) is 10.2 Å². The van der Waals surface area contributed by atoms with E-state index in [0.717, 1.165) is 12.1 Å². The Morgan fingerprint density at radius 2 is 1.75 bits per heavy atom. The summed E-state index contributed by atoms with van der Waals surface area (Å²) in [6.07, 6.45) is 1.32. The van der Waals surface area contributed by atoms with Crippen molar-refractivity contribution in [2.45, 2.75) is 24.7 Å². The molecule has 0 unspecified atom stereocenters. The number of aromatic nitrogens is 1. The number of benzene rings is 1. The molecule has 0 fully saturated rings. The molecule has 0 saturated carbocycles. The summed E-state index contributed by atoms with van der Waals surface area (Å²) in [4.78, 5) is 13.9. The van der Waals surface area contributed by atoms with E-state index in [9.17, 15) is 28.3 Å². The highest BCUT2D eigenvalue weighted by molar-refractivity contribution is 7.86. The third kappa shape index (κ3) is 7.65. The maximum atomic E-state index is 11.8. The Labute approximate surface area is 208 Å². The third-order valence-corrected chi connectivity index (χ3v) is 5.73. The van der Waals surface area contributed by atoms with Gasteiger partial charge in [0.05, 0.1) is 10.5 Å². The van der Waals surface area contributed by atoms with Crippen molar-refractivity contribution in [2.75, 3.05) is 51.2 Å². The molecule has 194 valence electrons. The van der Waals surface area contributed by atoms with Crippen LogP contribution in [0.3, 0.4) is 0 Å². The van der Waals surface area contributed by atoms with Gasteiger partial charge in [-0.3, -0.25) is 14.7 Å². The molecule has 0 atom stereocenters. The van der Waals surface area contributed by atoms with Crippen molar-refractivity contribution < 1.29 is 27.4 Å². The van der Waals surface area contributed by atoms with Crippen LogP contribution in [0.25, 0.3) is 0 Å². The van der Waals surface area contributed by atoms with E-state index < -0.39 is 25.6 Å². The first-order valence-corrected chi connectivity index (χ1v) is 12.2. The maximum absolute atomic E-state index is 11.8. The predicted octanol–water partition coefficient (Wildman–Crippen LogP) is 3.73. The zero-order chi connectivity index (χ0) is 26.7. The molecule has 0 radical (unpaired) electrons. The number of non-ortho nitro benzene ring substituents is 1. The van der Waals surface area contributed by atoms with Gasteiger partial charge in [0.1, 0.15) is 28.2 Å². The molecule has 3 N–H and O–H groups in total. The number of anilines is 2. The molecule has 2 aromatic rings. The molecule has 0 saturated heterocycles. The largest absolute Gasteiger partial charge is 0.385 e. The molecular weight excluding hydrogens is 494 g/mol. The summed E-state index contributed by atoms with van der Waals surface area (Å²) < 4.78 is 43.2. The number of rotatable bonds is 14. The molecule has 0 spiro atoms. The van der Waals surface area contributed by atoms with E-state index in [1.807, 2.05) is 0 Å². The second-order valence-corrected chi connectivity index (χ2v) is 8.79. The Morgan fingerprint density at radius 1 is 1.14 bits per heavy atom. The number of nitrogens with one attached hydrogen (secondary N) is 2. The minimum atomic E-state index is -4.85. The molecule has 0 aliphatic carbocycles. The Kier molecular flexibility index (Phi) is 10.6. The van der Waals surface area contributed by atoms with E-state index >= 15 is 0 Å². The molecule has 1 aromatic heterocycles. The number of nitro benzene ring substituents is 1. The van der Waals surface area contributed by atoms with Crippen LogP contribution in [-0.4, -0.2) is 63.4 Å². The minimum Gasteiger partial charge on any atom is -0.385 e. The third-order valence-electron chi connectivity index (χ3n) is 4.85. The highest BCUT2D eigenvalue weighted by Crippen LogP contribution is 2.36. The van der Waals surface area contributed by atoms with Crippen molar-refractivity contribution >= 4 is 38.8 Å². The average Bonchev–Trinajstić information content (AvgIpc) is 2.83. The normalized spacial score (nSPS) is 11.4. The van der Waals surface area contributed by atoms with Crippen LogP contribution in [0.5, 0.6) is 0 Å². The number of nitrogens with zero attached hydrogens (tertiary/aromatic N) is 5. The molecule has 0 bridgehead atoms. The maximum Gasteiger partial charge on any atom is 0.297 e. The lowest BCUT2D eigenvalue weighted by atomic mass is 10.1. The molecule has 1 aromatic carbocycles. The summed E-state index contributed by atoms with van der Waals surface area (Å²) in [6.45, 7) is 3.59. The van der Waals surface area contributed by atoms with Gasteiger partial charge >= 0.3 is 0 Å². The number of nitro groups is 1. The zero-order valence-electron chi connectivity index (χ0n) is 20.0. The van der Waals surface area contributed by atoms with Gasteiger partial charge in [-0.1, -0.05) is 0 Å². The second kappa shape index (κ2) is 13.4. The Balaban J connectivity index is 2.56. The van der Waals surface area contributed by atoms with Crippen molar-refractivity contribution in [3.63, 3.8) is 0 Å². The number of pyridine rings is 1. The van der Waals surface area contributed by atoms with Crippen LogP contribution in [0.4, 0.5) is 28.7 Å². The van der Waals surface area contributed by atoms with Gasteiger partial charge in [0, 0.05) is 58.2 Å². The van der Waals surface area contributed by atoms with E-state index in [1.54, 1.807) is 21.1 Å². The standard InChI is InChI=1S/C21H27N7O7S/c1-14-16(13-22)20(23-8-4-10-34-2)25-21(24-9-5-11-35-3)19(14)27-26-17-7-6-15(28(29)30)12-18(17)36(31,32)33/h6-7,12H,4-5,8-11H2,1-3H3,(H2,23,24,25)(H,31,32,33). The summed E-state index contributed by atoms with van der Waals surface area (Å²) in [6, 6.07) is 4.86. The fourth-order valence-corrected chi connectivity index (χ4v) is 3.70. The fourth-order valence-electron chi connectivity index (χ4n) is 3.06. The summed E-state index contributed by atoms with van der Waals surface area (Å²) in [5.74, 6) is 0.601. The van der Waals surface area contributed by atoms with Crippen LogP contribution in [0.15, 0.2) is 33.3 Å². The topological polar surface area (TPSA) is 201 Å². The van der Waals surface area contributed by atoms with E-state index in [-0.39, 0.29) is 22.8 Å². The quantitative estimate of drug-likeness (QED) is 0.107. The molecule has 1 heterocycles. The van der Waals surface area contributed by atoms with E-state index in [1.165, 1.54) is 0 Å². The number of azo groups is 1. The number of hydrogen-bond donors (Lipinski definition) is 3. The lowest BCUT2D eigenvalue weighted by molar-refractivity contribution is -0.385. The molecule has 0 aliphatic heterocycles. The van der Waals surface area contributed by atoms with Gasteiger partial charge in [-0.15, -0.1) is 10.2 Å². The summed E-state index contributed by atoms with van der Waals surface area (Å²) >= 11 is 0. The number of nitriles is 1. The van der Waals surface area contributed by atoms with Crippen molar-refractivity contribution in [1.82, 2.24) is 4.98 Å². The Bertz CT molecular complexity index is 1260. The van der Waals surface area contributed by atoms with Crippen LogP contribution in [0.2, 0.25) is 0 Å². The molecule has 36 heavy (non-hydrogen) atoms. The summed E-state index contributed by atoms with van der Waals surface area (Å²) in [5, 5.41) is 35.0. The van der Waals surface area contributed by atoms with Gasteiger partial charge in [-0.25, -0.2) is 4.98 Å². The van der Waals surface area contributed by atoms with Gasteiger partial charge < -0.3 is 20.1 Å². The predicted molar refractivity (Wildman–Crippen MR) is 131 cm³/mol.